The monoisotopic (exact) mass is 990 g/mol. The lowest BCUT2D eigenvalue weighted by Crippen LogP contribution is -2.65. The van der Waals surface area contributed by atoms with E-state index in [4.69, 9.17) is 18.9 Å². The van der Waals surface area contributed by atoms with Gasteiger partial charge in [-0.05, 0) is 70.6 Å². The van der Waals surface area contributed by atoms with Gasteiger partial charge in [-0.2, -0.15) is 0 Å². The van der Waals surface area contributed by atoms with E-state index < -0.39 is 86.8 Å². The summed E-state index contributed by atoms with van der Waals surface area (Å²) in [7, 11) is 0. The Balaban J connectivity index is 1.72. The Labute approximate surface area is 420 Å². The van der Waals surface area contributed by atoms with E-state index in [1.54, 1.807) is 6.08 Å². The van der Waals surface area contributed by atoms with E-state index in [9.17, 15) is 45.6 Å². The predicted molar refractivity (Wildman–Crippen MR) is 276 cm³/mol. The number of rotatable bonds is 40. The second kappa shape index (κ2) is 41.6. The molecule has 0 aromatic rings. The number of carbonyl (C=O) groups excluding carboxylic acids is 1. The highest BCUT2D eigenvalue weighted by Gasteiger charge is 2.51. The normalized spacial score (nSPS) is 26.7. The highest BCUT2D eigenvalue weighted by atomic mass is 16.7. The maximum absolute atomic E-state index is 13.2. The van der Waals surface area contributed by atoms with Crippen LogP contribution in [0.1, 0.15) is 168 Å². The quantitative estimate of drug-likeness (QED) is 0.0212. The van der Waals surface area contributed by atoms with Crippen LogP contribution in [0.5, 0.6) is 0 Å². The van der Waals surface area contributed by atoms with Gasteiger partial charge in [0.05, 0.1) is 32.0 Å². The Morgan fingerprint density at radius 2 is 0.986 bits per heavy atom. The number of amides is 1. The zero-order chi connectivity index (χ0) is 51.0. The van der Waals surface area contributed by atoms with Crippen molar-refractivity contribution in [3.05, 3.63) is 85.1 Å². The maximum atomic E-state index is 13.2. The van der Waals surface area contributed by atoms with E-state index in [0.29, 0.717) is 6.42 Å². The van der Waals surface area contributed by atoms with E-state index in [1.807, 2.05) is 6.08 Å². The first-order valence-electron chi connectivity index (χ1n) is 26.8. The first kappa shape index (κ1) is 63.3. The summed E-state index contributed by atoms with van der Waals surface area (Å²) in [5.74, 6) is -0.256. The van der Waals surface area contributed by atoms with E-state index in [0.717, 1.165) is 96.3 Å². The molecule has 0 saturated carbocycles. The smallest absolute Gasteiger partial charge is 0.220 e. The van der Waals surface area contributed by atoms with Crippen LogP contribution in [0, 0.1) is 0 Å². The Morgan fingerprint density at radius 1 is 0.529 bits per heavy atom. The van der Waals surface area contributed by atoms with Gasteiger partial charge in [0.1, 0.15) is 48.8 Å². The van der Waals surface area contributed by atoms with E-state index in [-0.39, 0.29) is 18.9 Å². The molecule has 14 nitrogen and oxygen atoms in total. The highest BCUT2D eigenvalue weighted by molar-refractivity contribution is 5.76. The molecule has 14 heteroatoms. The van der Waals surface area contributed by atoms with Crippen molar-refractivity contribution in [2.24, 2.45) is 0 Å². The van der Waals surface area contributed by atoms with E-state index in [2.05, 4.69) is 92.1 Å². The minimum Gasteiger partial charge on any atom is -0.394 e. The van der Waals surface area contributed by atoms with Gasteiger partial charge in [0.15, 0.2) is 12.6 Å². The topological polar surface area (TPSA) is 228 Å². The fourth-order valence-electron chi connectivity index (χ4n) is 8.23. The van der Waals surface area contributed by atoms with Crippen LogP contribution in [0.2, 0.25) is 0 Å². The molecule has 0 bridgehead atoms. The van der Waals surface area contributed by atoms with Gasteiger partial charge in [-0.1, -0.05) is 176 Å². The summed E-state index contributed by atoms with van der Waals surface area (Å²) < 4.78 is 22.6. The van der Waals surface area contributed by atoms with E-state index in [1.165, 1.54) is 44.9 Å². The molecule has 12 unspecified atom stereocenters. The fraction of sp³-hybridized carbons (Fsp3) is 0.732. The standard InChI is InChI=1S/C56H95NO13/c1-3-5-7-9-11-13-14-15-16-17-18-19-20-21-22-23-24-25-26-27-28-29-30-32-34-36-38-40-48(61)57-44(45(60)39-37-35-33-31-12-10-8-6-4-2)43-67-55-53(66)51(64)54(47(42-59)69-55)70-56-52(65)50(63)49(62)46(41-58)68-56/h5,7,11,13,15-16,18-19,21-22,24-25,37,39,44-47,49-56,58-60,62-66H,3-4,6,8-10,12,14,17,20,23,26-36,38,40-43H2,1-2H3,(H,57,61)/b7-5-,13-11-,16-15-,19-18-,22-21-,25-24-,39-37+. The van der Waals surface area contributed by atoms with Crippen molar-refractivity contribution in [1.29, 1.82) is 0 Å². The van der Waals surface area contributed by atoms with E-state index >= 15 is 0 Å². The highest BCUT2D eigenvalue weighted by Crippen LogP contribution is 2.30. The Bertz CT molecular complexity index is 1500. The van der Waals surface area contributed by atoms with Crippen LogP contribution in [0.15, 0.2) is 85.1 Å². The Kier molecular flexibility index (Phi) is 37.6. The number of unbranched alkanes of at least 4 members (excludes halogenated alkanes) is 15. The lowest BCUT2D eigenvalue weighted by molar-refractivity contribution is -0.359. The van der Waals surface area contributed by atoms with Gasteiger partial charge >= 0.3 is 0 Å². The van der Waals surface area contributed by atoms with Crippen LogP contribution in [-0.4, -0.2) is 140 Å². The molecular weight excluding hydrogens is 895 g/mol. The second-order valence-corrected chi connectivity index (χ2v) is 18.6. The molecule has 1 amide bonds. The molecule has 2 aliphatic heterocycles. The zero-order valence-electron chi connectivity index (χ0n) is 42.7. The maximum Gasteiger partial charge on any atom is 0.220 e. The fourth-order valence-corrected chi connectivity index (χ4v) is 8.23. The van der Waals surface area contributed by atoms with Crippen molar-refractivity contribution in [2.75, 3.05) is 19.8 Å². The van der Waals surface area contributed by atoms with Crippen molar-refractivity contribution in [3.8, 4) is 0 Å². The van der Waals surface area contributed by atoms with Crippen LogP contribution in [0.4, 0.5) is 0 Å². The molecular formula is C56H95NO13. The van der Waals surface area contributed by atoms with Crippen molar-refractivity contribution in [2.45, 2.75) is 242 Å². The lowest BCUT2D eigenvalue weighted by Gasteiger charge is -2.46. The summed E-state index contributed by atoms with van der Waals surface area (Å²) in [5.41, 5.74) is 0. The van der Waals surface area contributed by atoms with Gasteiger partial charge in [0.2, 0.25) is 5.91 Å². The Morgan fingerprint density at radius 3 is 1.51 bits per heavy atom. The van der Waals surface area contributed by atoms with Gasteiger partial charge < -0.3 is 65.1 Å². The largest absolute Gasteiger partial charge is 0.394 e. The summed E-state index contributed by atoms with van der Waals surface area (Å²) in [5, 5.41) is 86.6. The van der Waals surface area contributed by atoms with Crippen LogP contribution in [-0.2, 0) is 23.7 Å². The number of allylic oxidation sites excluding steroid dienone is 13. The number of aliphatic hydroxyl groups is 8. The first-order chi connectivity index (χ1) is 34.1. The number of hydrogen-bond acceptors (Lipinski definition) is 13. The van der Waals surface area contributed by atoms with Gasteiger partial charge in [-0.15, -0.1) is 0 Å². The van der Waals surface area contributed by atoms with Gasteiger partial charge in [-0.25, -0.2) is 0 Å². The minimum atomic E-state index is -1.79. The summed E-state index contributed by atoms with van der Waals surface area (Å²) >= 11 is 0. The molecule has 0 spiro atoms. The summed E-state index contributed by atoms with van der Waals surface area (Å²) in [4.78, 5) is 13.2. The van der Waals surface area contributed by atoms with Crippen LogP contribution < -0.4 is 5.32 Å². The second-order valence-electron chi connectivity index (χ2n) is 18.6. The molecule has 0 aromatic heterocycles. The molecule has 70 heavy (non-hydrogen) atoms. The van der Waals surface area contributed by atoms with Crippen LogP contribution in [0.25, 0.3) is 0 Å². The van der Waals surface area contributed by atoms with Crippen molar-refractivity contribution >= 4 is 5.91 Å². The minimum absolute atomic E-state index is 0.256. The molecule has 402 valence electrons. The van der Waals surface area contributed by atoms with Gasteiger partial charge in [0.25, 0.3) is 0 Å². The van der Waals surface area contributed by atoms with Crippen LogP contribution in [0.3, 0.4) is 0 Å². The molecule has 9 N–H and O–H groups in total. The third kappa shape index (κ3) is 27.8. The third-order valence-electron chi connectivity index (χ3n) is 12.6. The SMILES string of the molecule is CC/C=C\C/C=C\C/C=C\C/C=C\C/C=C\C/C=C\CCCCCCCCCCC(=O)NC(COC1OC(CO)C(OC2OC(CO)C(O)C(O)C2O)C(O)C1O)C(O)/C=C/CCCCCCCCC. The van der Waals surface area contributed by atoms with Crippen LogP contribution >= 0.6 is 0 Å². The molecule has 2 fully saturated rings. The molecule has 2 rings (SSSR count). The number of aliphatic hydroxyl groups excluding tert-OH is 8. The third-order valence-corrected chi connectivity index (χ3v) is 12.6. The average Bonchev–Trinajstić information content (AvgIpc) is 3.36. The molecule has 2 saturated heterocycles. The molecule has 2 heterocycles. The number of carbonyl (C=O) groups is 1. The van der Waals surface area contributed by atoms with Gasteiger partial charge in [-0.3, -0.25) is 4.79 Å². The zero-order valence-corrected chi connectivity index (χ0v) is 42.7. The first-order valence-corrected chi connectivity index (χ1v) is 26.8. The summed E-state index contributed by atoms with van der Waals surface area (Å²) in [6.45, 7) is 2.61. The van der Waals surface area contributed by atoms with Crippen molar-refractivity contribution in [1.82, 2.24) is 5.32 Å². The van der Waals surface area contributed by atoms with Crippen molar-refractivity contribution < 1.29 is 64.6 Å². The number of hydrogen-bond donors (Lipinski definition) is 9. The van der Waals surface area contributed by atoms with Crippen molar-refractivity contribution in [3.63, 3.8) is 0 Å². The molecule has 0 radical (unpaired) electrons. The molecule has 0 aliphatic carbocycles. The average molecular weight is 990 g/mol. The summed E-state index contributed by atoms with van der Waals surface area (Å²) in [6, 6.07) is -0.922. The Hall–Kier alpha value is -2.83. The predicted octanol–water partition coefficient (Wildman–Crippen LogP) is 7.77. The summed E-state index contributed by atoms with van der Waals surface area (Å²) in [6.07, 6.45) is 37.8. The lowest BCUT2D eigenvalue weighted by atomic mass is 9.97. The number of nitrogens with one attached hydrogen (secondary N) is 1. The number of ether oxygens (including phenoxy) is 4. The molecule has 2 aliphatic rings. The molecule has 12 atom stereocenters. The van der Waals surface area contributed by atoms with Gasteiger partial charge in [0, 0.05) is 6.42 Å². The molecule has 0 aromatic carbocycles.